The van der Waals surface area contributed by atoms with Gasteiger partial charge in [0.1, 0.15) is 0 Å². The molecule has 0 fully saturated rings. The van der Waals surface area contributed by atoms with Gasteiger partial charge in [0, 0.05) is 27.3 Å². The van der Waals surface area contributed by atoms with E-state index in [-0.39, 0.29) is 11.6 Å². The minimum atomic E-state index is -0.456. The second kappa shape index (κ2) is 9.44. The zero-order valence-corrected chi connectivity index (χ0v) is 10.1. The van der Waals surface area contributed by atoms with Crippen LogP contribution in [-0.2, 0) is 0 Å². The Bertz CT molecular complexity index is 81.1. The van der Waals surface area contributed by atoms with E-state index in [4.69, 9.17) is 0 Å². The van der Waals surface area contributed by atoms with Crippen LogP contribution in [-0.4, -0.2) is 31.6 Å². The highest BCUT2D eigenvalue weighted by atomic mass is 31.2. The van der Waals surface area contributed by atoms with Crippen LogP contribution in [0.25, 0.3) is 0 Å². The van der Waals surface area contributed by atoms with Crippen molar-refractivity contribution in [2.45, 2.75) is 32.6 Å². The van der Waals surface area contributed by atoms with Gasteiger partial charge in [-0.1, -0.05) is 19.8 Å². The molecule has 0 aromatic rings. The first-order chi connectivity index (χ1) is 4.56. The molecule has 0 spiro atoms. The third-order valence-electron chi connectivity index (χ3n) is 1.68. The molecule has 0 saturated heterocycles. The molecule has 5 N–H and O–H groups in total. The molecule has 0 aliphatic heterocycles. The van der Waals surface area contributed by atoms with Crippen LogP contribution in [0.4, 0.5) is 0 Å². The van der Waals surface area contributed by atoms with Crippen LogP contribution in [0.1, 0.15) is 32.6 Å². The lowest BCUT2D eigenvalue weighted by atomic mass is 10.2. The van der Waals surface area contributed by atoms with Crippen LogP contribution in [0.2, 0.25) is 0 Å². The van der Waals surface area contributed by atoms with Gasteiger partial charge >= 0.3 is 0 Å². The summed E-state index contributed by atoms with van der Waals surface area (Å²) in [7, 11) is -0.456. The first-order valence-corrected chi connectivity index (χ1v) is 7.68. The molecule has 78 valence electrons. The Hall–Kier alpha value is 0.350. The average molecular weight is 196 g/mol. The predicted octanol–water partition coefficient (Wildman–Crippen LogP) is 2.81. The summed E-state index contributed by atoms with van der Waals surface area (Å²) in [5.41, 5.74) is 0. The maximum absolute atomic E-state index is 2.43. The van der Waals surface area contributed by atoms with Gasteiger partial charge in [-0.2, -0.15) is 0 Å². The van der Waals surface area contributed by atoms with Gasteiger partial charge < -0.3 is 11.6 Å². The first-order valence-electron chi connectivity index (χ1n) is 4.36. The summed E-state index contributed by atoms with van der Waals surface area (Å²) in [4.78, 5) is 0. The van der Waals surface area contributed by atoms with E-state index in [1.165, 1.54) is 31.8 Å². The van der Waals surface area contributed by atoms with E-state index >= 15 is 0 Å². The van der Waals surface area contributed by atoms with Gasteiger partial charge in [0.15, 0.2) is 0 Å². The number of unbranched alkanes of at least 4 members (excludes halogenated alkanes) is 3. The van der Waals surface area contributed by atoms with E-state index < -0.39 is 7.26 Å². The number of rotatable bonds is 5. The van der Waals surface area contributed by atoms with Crippen molar-refractivity contribution in [3.8, 4) is 0 Å². The van der Waals surface area contributed by atoms with Crippen LogP contribution in [0.15, 0.2) is 0 Å². The van der Waals surface area contributed by atoms with Gasteiger partial charge in [0.2, 0.25) is 0 Å². The normalized spacial score (nSPS) is 10.0. The molecule has 0 heterocycles. The van der Waals surface area contributed by atoms with Gasteiger partial charge in [0.25, 0.3) is 0 Å². The summed E-state index contributed by atoms with van der Waals surface area (Å²) in [6, 6.07) is 0. The van der Waals surface area contributed by atoms with Crippen molar-refractivity contribution in [2.75, 3.05) is 26.2 Å². The molecule has 0 rings (SSSR count). The fraction of sp³-hybridized carbons (Fsp3) is 1.00. The minimum Gasteiger partial charge on any atom is -0.412 e. The standard InChI is InChI=1S/C9H22P.H3N.H2O/c1-5-6-7-8-9-10(2,3)4;;/h5-9H2,1-4H3;1H3;1H2/q+1;;. The van der Waals surface area contributed by atoms with Crippen LogP contribution in [0, 0.1) is 0 Å². The number of hydrogen-bond donors (Lipinski definition) is 1. The van der Waals surface area contributed by atoms with E-state index in [9.17, 15) is 0 Å². The molecule has 0 radical (unpaired) electrons. The summed E-state index contributed by atoms with van der Waals surface area (Å²) in [5, 5.41) is 0. The topological polar surface area (TPSA) is 66.5 Å². The molecular weight excluding hydrogens is 169 g/mol. The smallest absolute Gasteiger partial charge is 0.0586 e. The summed E-state index contributed by atoms with van der Waals surface area (Å²) in [5.74, 6) is 0. The predicted molar refractivity (Wildman–Crippen MR) is 62.3 cm³/mol. The van der Waals surface area contributed by atoms with Crippen molar-refractivity contribution in [3.63, 3.8) is 0 Å². The second-order valence-electron chi connectivity index (χ2n) is 4.07. The Labute approximate surface area is 78.4 Å². The van der Waals surface area contributed by atoms with E-state index in [0.29, 0.717) is 0 Å². The van der Waals surface area contributed by atoms with Crippen molar-refractivity contribution in [1.29, 1.82) is 0 Å². The molecule has 2 nitrogen and oxygen atoms in total. The highest BCUT2D eigenvalue weighted by molar-refractivity contribution is 7.73. The van der Waals surface area contributed by atoms with Gasteiger partial charge in [-0.15, -0.1) is 0 Å². The van der Waals surface area contributed by atoms with Crippen LogP contribution in [0.5, 0.6) is 0 Å². The largest absolute Gasteiger partial charge is 0.412 e. The molecule has 0 bridgehead atoms. The summed E-state index contributed by atoms with van der Waals surface area (Å²) >= 11 is 0. The van der Waals surface area contributed by atoms with Crippen LogP contribution < -0.4 is 6.15 Å². The molecular formula is C9H27NOP+. The van der Waals surface area contributed by atoms with E-state index in [0.717, 1.165) is 0 Å². The summed E-state index contributed by atoms with van der Waals surface area (Å²) in [6.07, 6.45) is 7.20. The zero-order chi connectivity index (χ0) is 8.04. The molecule has 0 aromatic heterocycles. The number of hydrogen-bond acceptors (Lipinski definition) is 1. The van der Waals surface area contributed by atoms with Crippen molar-refractivity contribution >= 4 is 7.26 Å². The molecule has 0 aromatic carbocycles. The summed E-state index contributed by atoms with van der Waals surface area (Å²) < 4.78 is 0. The third-order valence-corrected chi connectivity index (χ3v) is 3.34. The molecule has 0 atom stereocenters. The monoisotopic (exact) mass is 196 g/mol. The van der Waals surface area contributed by atoms with Gasteiger partial charge in [0.05, 0.1) is 6.16 Å². The quantitative estimate of drug-likeness (QED) is 0.533. The maximum Gasteiger partial charge on any atom is 0.0586 e. The summed E-state index contributed by atoms with van der Waals surface area (Å²) in [6.45, 7) is 9.56. The Morgan fingerprint density at radius 2 is 1.42 bits per heavy atom. The van der Waals surface area contributed by atoms with Crippen molar-refractivity contribution < 1.29 is 5.48 Å². The van der Waals surface area contributed by atoms with E-state index in [1.54, 1.807) is 0 Å². The zero-order valence-electron chi connectivity index (χ0n) is 9.19. The molecule has 12 heavy (non-hydrogen) atoms. The van der Waals surface area contributed by atoms with Gasteiger partial charge in [-0.05, 0) is 12.8 Å². The molecule has 0 aliphatic carbocycles. The van der Waals surface area contributed by atoms with Crippen molar-refractivity contribution in [2.24, 2.45) is 0 Å². The van der Waals surface area contributed by atoms with E-state index in [1.807, 2.05) is 0 Å². The SMILES string of the molecule is CCCCCC[P+](C)(C)C.N.O. The van der Waals surface area contributed by atoms with Crippen LogP contribution in [0.3, 0.4) is 0 Å². The second-order valence-corrected chi connectivity index (χ2v) is 9.10. The molecule has 0 saturated carbocycles. The van der Waals surface area contributed by atoms with Gasteiger partial charge in [-0.25, -0.2) is 0 Å². The Morgan fingerprint density at radius 3 is 1.75 bits per heavy atom. The lowest BCUT2D eigenvalue weighted by molar-refractivity contribution is 0.704. The highest BCUT2D eigenvalue weighted by Gasteiger charge is 2.14. The lowest BCUT2D eigenvalue weighted by Gasteiger charge is -2.10. The van der Waals surface area contributed by atoms with Gasteiger partial charge in [-0.3, -0.25) is 0 Å². The average Bonchev–Trinajstić information content (AvgIpc) is 1.78. The Morgan fingerprint density at radius 1 is 0.917 bits per heavy atom. The Kier molecular flexibility index (Phi) is 14.3. The highest BCUT2D eigenvalue weighted by Crippen LogP contribution is 2.47. The molecule has 0 amide bonds. The minimum absolute atomic E-state index is 0. The lowest BCUT2D eigenvalue weighted by Crippen LogP contribution is -1.92. The molecule has 3 heteroatoms. The third kappa shape index (κ3) is 16.7. The first kappa shape index (κ1) is 18.2. The fourth-order valence-electron chi connectivity index (χ4n) is 1.01. The van der Waals surface area contributed by atoms with E-state index in [2.05, 4.69) is 26.9 Å². The molecule has 0 unspecified atom stereocenters. The fourth-order valence-corrected chi connectivity index (χ4v) is 2.19. The van der Waals surface area contributed by atoms with Crippen LogP contribution >= 0.6 is 7.26 Å². The maximum atomic E-state index is 2.43. The van der Waals surface area contributed by atoms with Crippen molar-refractivity contribution in [3.05, 3.63) is 0 Å². The molecule has 0 aliphatic rings. The Balaban J connectivity index is -0.000000405. The van der Waals surface area contributed by atoms with Crippen molar-refractivity contribution in [1.82, 2.24) is 6.15 Å².